The van der Waals surface area contributed by atoms with Crippen LogP contribution in [0.2, 0.25) is 0 Å². The molecule has 7 heteroatoms. The van der Waals surface area contributed by atoms with Crippen LogP contribution in [-0.4, -0.2) is 39.6 Å². The topological polar surface area (TPSA) is 73.1 Å². The molecule has 0 radical (unpaired) electrons. The Morgan fingerprint density at radius 1 is 1.37 bits per heavy atom. The molecule has 19 heavy (non-hydrogen) atoms. The van der Waals surface area contributed by atoms with Crippen molar-refractivity contribution in [2.24, 2.45) is 7.05 Å². The van der Waals surface area contributed by atoms with Crippen LogP contribution in [0.25, 0.3) is 0 Å². The van der Waals surface area contributed by atoms with Gasteiger partial charge in [0.1, 0.15) is 11.6 Å². The molecule has 0 aliphatic heterocycles. The van der Waals surface area contributed by atoms with Crippen LogP contribution >= 0.6 is 0 Å². The van der Waals surface area contributed by atoms with E-state index in [4.69, 9.17) is 0 Å². The summed E-state index contributed by atoms with van der Waals surface area (Å²) in [5.41, 5.74) is 0.191. The van der Waals surface area contributed by atoms with Gasteiger partial charge >= 0.3 is 5.97 Å². The standard InChI is InChI=1S/C12H15N5O2/c1-16-5-4-13-11(16)8-17(2)10-7-14-9(6-15-10)12(18)19-3/h4-7H,8H2,1-3H3. The van der Waals surface area contributed by atoms with Crippen molar-refractivity contribution < 1.29 is 9.53 Å². The van der Waals surface area contributed by atoms with E-state index in [1.54, 1.807) is 6.20 Å². The van der Waals surface area contributed by atoms with E-state index < -0.39 is 5.97 Å². The van der Waals surface area contributed by atoms with Gasteiger partial charge in [-0.3, -0.25) is 0 Å². The lowest BCUT2D eigenvalue weighted by Crippen LogP contribution is -2.20. The highest BCUT2D eigenvalue weighted by atomic mass is 16.5. The van der Waals surface area contributed by atoms with Gasteiger partial charge in [0.15, 0.2) is 5.69 Å². The summed E-state index contributed by atoms with van der Waals surface area (Å²) in [5, 5.41) is 0. The number of carbonyl (C=O) groups is 1. The molecule has 100 valence electrons. The maximum absolute atomic E-state index is 11.2. The second-order valence-electron chi connectivity index (χ2n) is 4.06. The van der Waals surface area contributed by atoms with Gasteiger partial charge in [-0.2, -0.15) is 0 Å². The molecule has 0 aliphatic rings. The minimum Gasteiger partial charge on any atom is -0.464 e. The number of hydrogen-bond acceptors (Lipinski definition) is 6. The van der Waals surface area contributed by atoms with E-state index in [9.17, 15) is 4.79 Å². The highest BCUT2D eigenvalue weighted by Gasteiger charge is 2.10. The summed E-state index contributed by atoms with van der Waals surface area (Å²) in [4.78, 5) is 25.6. The summed E-state index contributed by atoms with van der Waals surface area (Å²) in [6.07, 6.45) is 6.57. The average Bonchev–Trinajstić information content (AvgIpc) is 2.83. The monoisotopic (exact) mass is 261 g/mol. The maximum Gasteiger partial charge on any atom is 0.358 e. The lowest BCUT2D eigenvalue weighted by molar-refractivity contribution is 0.0593. The quantitative estimate of drug-likeness (QED) is 0.752. The molecule has 2 aromatic heterocycles. The van der Waals surface area contributed by atoms with Gasteiger partial charge < -0.3 is 14.2 Å². The molecule has 0 saturated heterocycles. The van der Waals surface area contributed by atoms with E-state index in [-0.39, 0.29) is 5.69 Å². The SMILES string of the molecule is COC(=O)c1cnc(N(C)Cc2nccn2C)cn1. The number of carbonyl (C=O) groups excluding carboxylic acids is 1. The van der Waals surface area contributed by atoms with E-state index in [2.05, 4.69) is 19.7 Å². The summed E-state index contributed by atoms with van der Waals surface area (Å²) >= 11 is 0. The van der Waals surface area contributed by atoms with Gasteiger partial charge in [-0.15, -0.1) is 0 Å². The van der Waals surface area contributed by atoms with Crippen LogP contribution in [0.1, 0.15) is 16.3 Å². The number of ether oxygens (including phenoxy) is 1. The van der Waals surface area contributed by atoms with Crippen molar-refractivity contribution >= 4 is 11.8 Å². The smallest absolute Gasteiger partial charge is 0.358 e. The normalized spacial score (nSPS) is 10.3. The zero-order chi connectivity index (χ0) is 13.8. The molecule has 0 unspecified atom stereocenters. The van der Waals surface area contributed by atoms with Crippen LogP contribution in [-0.2, 0) is 18.3 Å². The summed E-state index contributed by atoms with van der Waals surface area (Å²) in [6, 6.07) is 0. The molecule has 0 aliphatic carbocycles. The van der Waals surface area contributed by atoms with Crippen molar-refractivity contribution in [3.63, 3.8) is 0 Å². The third-order valence-electron chi connectivity index (χ3n) is 2.72. The largest absolute Gasteiger partial charge is 0.464 e. The minimum absolute atomic E-state index is 0.191. The fourth-order valence-electron chi connectivity index (χ4n) is 1.57. The Morgan fingerprint density at radius 2 is 2.16 bits per heavy atom. The number of nitrogens with zero attached hydrogens (tertiary/aromatic N) is 5. The third kappa shape index (κ3) is 2.87. The first kappa shape index (κ1) is 13.0. The highest BCUT2D eigenvalue weighted by molar-refractivity contribution is 5.86. The molecule has 0 spiro atoms. The Balaban J connectivity index is 2.09. The molecule has 2 aromatic rings. The second kappa shape index (κ2) is 5.47. The van der Waals surface area contributed by atoms with E-state index in [1.165, 1.54) is 19.5 Å². The fourth-order valence-corrected chi connectivity index (χ4v) is 1.57. The van der Waals surface area contributed by atoms with Crippen molar-refractivity contribution in [3.05, 3.63) is 36.3 Å². The van der Waals surface area contributed by atoms with Crippen molar-refractivity contribution in [1.82, 2.24) is 19.5 Å². The average molecular weight is 261 g/mol. The summed E-state index contributed by atoms with van der Waals surface area (Å²) in [6.45, 7) is 0.607. The molecule has 0 aromatic carbocycles. The van der Waals surface area contributed by atoms with Crippen LogP contribution in [0.15, 0.2) is 24.8 Å². The number of hydrogen-bond donors (Lipinski definition) is 0. The van der Waals surface area contributed by atoms with Gasteiger partial charge in [0.25, 0.3) is 0 Å². The van der Waals surface area contributed by atoms with Gasteiger partial charge in [0, 0.05) is 26.5 Å². The molecular formula is C12H15N5O2. The van der Waals surface area contributed by atoms with Gasteiger partial charge in [-0.25, -0.2) is 19.7 Å². The summed E-state index contributed by atoms with van der Waals surface area (Å²) < 4.78 is 6.51. The Morgan fingerprint density at radius 3 is 2.68 bits per heavy atom. The molecule has 0 atom stereocenters. The predicted molar refractivity (Wildman–Crippen MR) is 68.7 cm³/mol. The predicted octanol–water partition coefficient (Wildman–Crippen LogP) is 0.633. The van der Waals surface area contributed by atoms with Crippen LogP contribution in [0.3, 0.4) is 0 Å². The third-order valence-corrected chi connectivity index (χ3v) is 2.72. The van der Waals surface area contributed by atoms with E-state index in [0.717, 1.165) is 5.82 Å². The maximum atomic E-state index is 11.2. The second-order valence-corrected chi connectivity index (χ2v) is 4.06. The lowest BCUT2D eigenvalue weighted by atomic mass is 10.4. The van der Waals surface area contributed by atoms with Crippen molar-refractivity contribution in [2.45, 2.75) is 6.54 Å². The number of imidazole rings is 1. The van der Waals surface area contributed by atoms with Crippen molar-refractivity contribution in [3.8, 4) is 0 Å². The first-order valence-electron chi connectivity index (χ1n) is 5.69. The van der Waals surface area contributed by atoms with Crippen molar-refractivity contribution in [1.29, 1.82) is 0 Å². The number of aromatic nitrogens is 4. The Kier molecular flexibility index (Phi) is 3.74. The van der Waals surface area contributed by atoms with Crippen LogP contribution in [0, 0.1) is 0 Å². The van der Waals surface area contributed by atoms with Gasteiger partial charge in [-0.1, -0.05) is 0 Å². The van der Waals surface area contributed by atoms with Crippen LogP contribution in [0.4, 0.5) is 5.82 Å². The highest BCUT2D eigenvalue weighted by Crippen LogP contribution is 2.10. The molecule has 2 rings (SSSR count). The van der Waals surface area contributed by atoms with Gasteiger partial charge in [-0.05, 0) is 0 Å². The van der Waals surface area contributed by atoms with E-state index in [1.807, 2.05) is 29.8 Å². The molecular weight excluding hydrogens is 246 g/mol. The fraction of sp³-hybridized carbons (Fsp3) is 0.333. The number of methoxy groups -OCH3 is 1. The van der Waals surface area contributed by atoms with Gasteiger partial charge in [0.2, 0.25) is 0 Å². The van der Waals surface area contributed by atoms with E-state index in [0.29, 0.717) is 12.4 Å². The lowest BCUT2D eigenvalue weighted by Gasteiger charge is -2.17. The molecule has 7 nitrogen and oxygen atoms in total. The van der Waals surface area contributed by atoms with Crippen LogP contribution < -0.4 is 4.90 Å². The molecule has 0 saturated carbocycles. The van der Waals surface area contributed by atoms with Gasteiger partial charge in [0.05, 0.1) is 26.0 Å². The molecule has 0 amide bonds. The molecule has 0 bridgehead atoms. The Bertz CT molecular complexity index is 564. The first-order chi connectivity index (χ1) is 9.11. The molecule has 0 N–H and O–H groups in total. The Hall–Kier alpha value is -2.44. The number of rotatable bonds is 4. The number of anilines is 1. The summed E-state index contributed by atoms with van der Waals surface area (Å²) in [7, 11) is 5.13. The van der Waals surface area contributed by atoms with Crippen molar-refractivity contribution in [2.75, 3.05) is 19.1 Å². The Labute approximate surface area is 110 Å². The first-order valence-corrected chi connectivity index (χ1v) is 5.69. The minimum atomic E-state index is -0.495. The number of aryl methyl sites for hydroxylation is 1. The number of esters is 1. The van der Waals surface area contributed by atoms with E-state index >= 15 is 0 Å². The van der Waals surface area contributed by atoms with Crippen LogP contribution in [0.5, 0.6) is 0 Å². The summed E-state index contributed by atoms with van der Waals surface area (Å²) in [5.74, 6) is 1.09. The molecule has 2 heterocycles. The molecule has 0 fully saturated rings. The zero-order valence-electron chi connectivity index (χ0n) is 11.1. The zero-order valence-corrected chi connectivity index (χ0v) is 11.1.